The van der Waals surface area contributed by atoms with Crippen LogP contribution in [-0.2, 0) is 26.1 Å². The molecule has 11 heteroatoms. The van der Waals surface area contributed by atoms with Crippen molar-refractivity contribution in [1.29, 1.82) is 0 Å². The fraction of sp³-hybridized carbons (Fsp3) is 0.357. The number of nitrogens with two attached hydrogens (primary N) is 2. The van der Waals surface area contributed by atoms with Gasteiger partial charge in [-0.25, -0.2) is 0 Å². The summed E-state index contributed by atoms with van der Waals surface area (Å²) in [5.74, 6) is -2.47. The molecule has 0 aliphatic heterocycles. The summed E-state index contributed by atoms with van der Waals surface area (Å²) in [5.41, 5.74) is 7.30. The Bertz CT molecular complexity index is 654. The van der Waals surface area contributed by atoms with Crippen LogP contribution in [0.1, 0.15) is 18.1 Å². The van der Waals surface area contributed by atoms with E-state index in [4.69, 9.17) is 11.5 Å². The fourth-order valence-electron chi connectivity index (χ4n) is 1.86. The Morgan fingerprint density at radius 1 is 1.12 bits per heavy atom. The summed E-state index contributed by atoms with van der Waals surface area (Å²) in [7, 11) is 0. The molecule has 1 atom stereocenters. The van der Waals surface area contributed by atoms with Crippen LogP contribution >= 0.6 is 12.4 Å². The van der Waals surface area contributed by atoms with Crippen LogP contribution in [0.25, 0.3) is 0 Å². The molecular formula is C14H18ClF3N4O3. The van der Waals surface area contributed by atoms with E-state index in [2.05, 4.69) is 10.6 Å². The van der Waals surface area contributed by atoms with Crippen LogP contribution in [-0.4, -0.2) is 30.8 Å². The number of hydrogen-bond donors (Lipinski definition) is 4. The first-order valence-electron chi connectivity index (χ1n) is 6.76. The molecule has 0 aromatic heterocycles. The van der Waals surface area contributed by atoms with E-state index in [1.54, 1.807) is 0 Å². The van der Waals surface area contributed by atoms with Gasteiger partial charge in [-0.3, -0.25) is 14.4 Å². The smallest absolute Gasteiger partial charge is 0.367 e. The van der Waals surface area contributed by atoms with Crippen LogP contribution in [0.5, 0.6) is 0 Å². The van der Waals surface area contributed by atoms with Gasteiger partial charge in [-0.15, -0.1) is 12.4 Å². The lowest BCUT2D eigenvalue weighted by Gasteiger charge is -2.28. The quantitative estimate of drug-likeness (QED) is 0.553. The zero-order chi connectivity index (χ0) is 18.5. The van der Waals surface area contributed by atoms with Crippen LogP contribution in [0, 0.1) is 0 Å². The Morgan fingerprint density at radius 3 is 2.16 bits per heavy atom. The molecule has 0 aliphatic carbocycles. The van der Waals surface area contributed by atoms with Crippen molar-refractivity contribution in [3.63, 3.8) is 0 Å². The predicted molar refractivity (Wildman–Crippen MR) is 85.4 cm³/mol. The van der Waals surface area contributed by atoms with Crippen LogP contribution in [0.4, 0.5) is 13.2 Å². The summed E-state index contributed by atoms with van der Waals surface area (Å²) in [6.07, 6.45) is -4.62. The Hall–Kier alpha value is -2.33. The van der Waals surface area contributed by atoms with Gasteiger partial charge in [0.2, 0.25) is 17.7 Å². The van der Waals surface area contributed by atoms with Crippen molar-refractivity contribution in [1.82, 2.24) is 10.6 Å². The minimum absolute atomic E-state index is 0. The number of benzene rings is 1. The SMILES string of the molecule is CC(NC(=O)CNC(=O)CN)(C(N)=O)c1cccc(C(F)(F)F)c1.Cl. The van der Waals surface area contributed by atoms with E-state index < -0.39 is 41.5 Å². The second kappa shape index (κ2) is 8.67. The van der Waals surface area contributed by atoms with E-state index in [0.29, 0.717) is 0 Å². The maximum atomic E-state index is 12.8. The first-order valence-corrected chi connectivity index (χ1v) is 6.76. The van der Waals surface area contributed by atoms with E-state index in [1.807, 2.05) is 0 Å². The largest absolute Gasteiger partial charge is 0.416 e. The van der Waals surface area contributed by atoms with Gasteiger partial charge in [-0.2, -0.15) is 13.2 Å². The van der Waals surface area contributed by atoms with Crippen LogP contribution in [0.15, 0.2) is 24.3 Å². The molecule has 7 nitrogen and oxygen atoms in total. The molecule has 1 rings (SSSR count). The van der Waals surface area contributed by atoms with Crippen molar-refractivity contribution in [3.8, 4) is 0 Å². The first-order chi connectivity index (χ1) is 11.0. The van der Waals surface area contributed by atoms with E-state index in [-0.39, 0.29) is 24.5 Å². The normalized spacial score (nSPS) is 13.2. The molecule has 1 aromatic rings. The van der Waals surface area contributed by atoms with Gasteiger partial charge < -0.3 is 22.1 Å². The average Bonchev–Trinajstić information content (AvgIpc) is 2.51. The molecule has 25 heavy (non-hydrogen) atoms. The third kappa shape index (κ3) is 5.91. The standard InChI is InChI=1S/C14H17F3N4O3.ClH/c1-13(12(19)24,21-11(23)7-20-10(22)6-18)8-3-2-4-9(5-8)14(15,16)17;/h2-5H,6-7,18H2,1H3,(H2,19,24)(H,20,22)(H,21,23);1H. The van der Waals surface area contributed by atoms with Crippen LogP contribution in [0.2, 0.25) is 0 Å². The summed E-state index contributed by atoms with van der Waals surface area (Å²) in [5, 5.41) is 4.40. The molecule has 0 radical (unpaired) electrons. The second-order valence-corrected chi connectivity index (χ2v) is 5.10. The monoisotopic (exact) mass is 382 g/mol. The molecular weight excluding hydrogens is 365 g/mol. The molecule has 3 amide bonds. The highest BCUT2D eigenvalue weighted by molar-refractivity contribution is 5.93. The van der Waals surface area contributed by atoms with Gasteiger partial charge in [-0.05, 0) is 24.6 Å². The van der Waals surface area contributed by atoms with Crippen molar-refractivity contribution < 1.29 is 27.6 Å². The van der Waals surface area contributed by atoms with E-state index in [1.165, 1.54) is 13.0 Å². The van der Waals surface area contributed by atoms with E-state index in [9.17, 15) is 27.6 Å². The highest BCUT2D eigenvalue weighted by Gasteiger charge is 2.37. The maximum Gasteiger partial charge on any atom is 0.416 e. The molecule has 0 saturated carbocycles. The Balaban J connectivity index is 0.00000576. The van der Waals surface area contributed by atoms with Gasteiger partial charge in [0, 0.05) is 0 Å². The summed E-state index contributed by atoms with van der Waals surface area (Å²) in [6.45, 7) is 0.333. The van der Waals surface area contributed by atoms with Gasteiger partial charge in [0.15, 0.2) is 0 Å². The molecule has 0 spiro atoms. The number of alkyl halides is 3. The molecule has 0 fully saturated rings. The van der Waals surface area contributed by atoms with Crippen molar-refractivity contribution in [2.24, 2.45) is 11.5 Å². The molecule has 6 N–H and O–H groups in total. The molecule has 140 valence electrons. The van der Waals surface area contributed by atoms with Gasteiger partial charge in [-0.1, -0.05) is 12.1 Å². The number of hydrogen-bond acceptors (Lipinski definition) is 4. The third-order valence-corrected chi connectivity index (χ3v) is 3.28. The zero-order valence-corrected chi connectivity index (χ0v) is 14.0. The summed E-state index contributed by atoms with van der Waals surface area (Å²) >= 11 is 0. The van der Waals surface area contributed by atoms with Crippen molar-refractivity contribution in [3.05, 3.63) is 35.4 Å². The number of nitrogens with one attached hydrogen (secondary N) is 2. The number of primary amides is 1. The Labute approximate surface area is 147 Å². The molecule has 1 unspecified atom stereocenters. The minimum Gasteiger partial charge on any atom is -0.367 e. The third-order valence-electron chi connectivity index (χ3n) is 3.28. The zero-order valence-electron chi connectivity index (χ0n) is 13.1. The highest BCUT2D eigenvalue weighted by atomic mass is 35.5. The lowest BCUT2D eigenvalue weighted by Crippen LogP contribution is -2.55. The van der Waals surface area contributed by atoms with E-state index in [0.717, 1.165) is 18.2 Å². The summed E-state index contributed by atoms with van der Waals surface area (Å²) < 4.78 is 38.4. The fourth-order valence-corrected chi connectivity index (χ4v) is 1.86. The van der Waals surface area contributed by atoms with Crippen LogP contribution in [0.3, 0.4) is 0 Å². The van der Waals surface area contributed by atoms with Gasteiger partial charge >= 0.3 is 6.18 Å². The molecule has 0 aliphatic rings. The highest BCUT2D eigenvalue weighted by Crippen LogP contribution is 2.32. The Morgan fingerprint density at radius 2 is 1.68 bits per heavy atom. The lowest BCUT2D eigenvalue weighted by molar-refractivity contribution is -0.138. The van der Waals surface area contributed by atoms with Crippen molar-refractivity contribution in [2.45, 2.75) is 18.6 Å². The number of rotatable bonds is 6. The van der Waals surface area contributed by atoms with Gasteiger partial charge in [0.25, 0.3) is 0 Å². The van der Waals surface area contributed by atoms with E-state index >= 15 is 0 Å². The molecule has 0 saturated heterocycles. The number of halogens is 4. The molecule has 1 aromatic carbocycles. The number of carbonyl (C=O) groups excluding carboxylic acids is 3. The topological polar surface area (TPSA) is 127 Å². The maximum absolute atomic E-state index is 12.8. The second-order valence-electron chi connectivity index (χ2n) is 5.10. The predicted octanol–water partition coefficient (Wildman–Crippen LogP) is 0.0188. The Kier molecular flexibility index (Phi) is 7.87. The van der Waals surface area contributed by atoms with Crippen molar-refractivity contribution >= 4 is 30.1 Å². The lowest BCUT2D eigenvalue weighted by atomic mass is 9.89. The molecule has 0 heterocycles. The van der Waals surface area contributed by atoms with Crippen LogP contribution < -0.4 is 22.1 Å². The van der Waals surface area contributed by atoms with Gasteiger partial charge in [0.1, 0.15) is 5.54 Å². The minimum atomic E-state index is -4.62. The molecule has 0 bridgehead atoms. The number of amides is 3. The number of carbonyl (C=O) groups is 3. The average molecular weight is 383 g/mol. The summed E-state index contributed by atoms with van der Waals surface area (Å²) in [4.78, 5) is 34.6. The summed E-state index contributed by atoms with van der Waals surface area (Å²) in [6, 6.07) is 3.89. The van der Waals surface area contributed by atoms with Gasteiger partial charge in [0.05, 0.1) is 18.7 Å². The van der Waals surface area contributed by atoms with Crippen molar-refractivity contribution in [2.75, 3.05) is 13.1 Å². The first kappa shape index (κ1) is 22.7.